The molecule has 0 saturated carbocycles. The summed E-state index contributed by atoms with van der Waals surface area (Å²) < 4.78 is 10.2. The monoisotopic (exact) mass is 238 g/mol. The minimum absolute atomic E-state index is 0.365. The topological polar surface area (TPSA) is 38.7 Å². The van der Waals surface area contributed by atoms with E-state index in [1.54, 1.807) is 21.1 Å². The van der Waals surface area contributed by atoms with E-state index < -0.39 is 5.60 Å². The normalized spacial score (nSPS) is 14.9. The Morgan fingerprint density at radius 1 is 1.18 bits per heavy atom. The van der Waals surface area contributed by atoms with E-state index in [1.807, 2.05) is 19.1 Å². The van der Waals surface area contributed by atoms with Gasteiger partial charge in [-0.3, -0.25) is 0 Å². The average Bonchev–Trinajstić information content (AvgIpc) is 2.29. The van der Waals surface area contributed by atoms with Crippen molar-refractivity contribution in [1.82, 2.24) is 0 Å². The number of hydrogen-bond donors (Lipinski definition) is 1. The predicted octanol–water partition coefficient (Wildman–Crippen LogP) is 2.30. The van der Waals surface area contributed by atoms with Crippen LogP contribution in [-0.2, 0) is 15.9 Å². The third-order valence-electron chi connectivity index (χ3n) is 2.84. The van der Waals surface area contributed by atoms with Crippen LogP contribution < -0.4 is 0 Å². The molecule has 96 valence electrons. The Bertz CT molecular complexity index is 326. The summed E-state index contributed by atoms with van der Waals surface area (Å²) in [5.74, 6) is 0. The van der Waals surface area contributed by atoms with Crippen molar-refractivity contribution < 1.29 is 14.6 Å². The summed E-state index contributed by atoms with van der Waals surface area (Å²) in [6, 6.07) is 8.18. The van der Waals surface area contributed by atoms with Crippen LogP contribution >= 0.6 is 0 Å². The van der Waals surface area contributed by atoms with Gasteiger partial charge in [-0.2, -0.15) is 0 Å². The van der Waals surface area contributed by atoms with Crippen molar-refractivity contribution in [3.05, 3.63) is 35.4 Å². The Labute approximate surface area is 103 Å². The summed E-state index contributed by atoms with van der Waals surface area (Å²) in [6.45, 7) is 3.85. The third-order valence-corrected chi connectivity index (χ3v) is 2.84. The number of ether oxygens (including phenoxy) is 2. The highest BCUT2D eigenvalue weighted by Crippen LogP contribution is 2.20. The second-order valence-electron chi connectivity index (χ2n) is 4.76. The number of rotatable bonds is 6. The van der Waals surface area contributed by atoms with Crippen LogP contribution in [-0.4, -0.2) is 31.2 Å². The van der Waals surface area contributed by atoms with Crippen molar-refractivity contribution in [2.24, 2.45) is 0 Å². The summed E-state index contributed by atoms with van der Waals surface area (Å²) in [7, 11) is 3.16. The Balaban J connectivity index is 2.62. The first-order chi connectivity index (χ1) is 7.96. The fourth-order valence-corrected chi connectivity index (χ4v) is 1.84. The van der Waals surface area contributed by atoms with Crippen molar-refractivity contribution in [1.29, 1.82) is 0 Å². The Hall–Kier alpha value is -0.900. The summed E-state index contributed by atoms with van der Waals surface area (Å²) in [5, 5.41) is 10.3. The van der Waals surface area contributed by atoms with E-state index in [4.69, 9.17) is 9.47 Å². The van der Waals surface area contributed by atoms with Crippen molar-refractivity contribution >= 4 is 0 Å². The summed E-state index contributed by atoms with van der Waals surface area (Å²) in [6.07, 6.45) is 0.681. The van der Waals surface area contributed by atoms with E-state index in [0.29, 0.717) is 12.8 Å². The summed E-state index contributed by atoms with van der Waals surface area (Å²) >= 11 is 0. The average molecular weight is 238 g/mol. The summed E-state index contributed by atoms with van der Waals surface area (Å²) in [4.78, 5) is 0. The molecule has 0 aliphatic carbocycles. The van der Waals surface area contributed by atoms with Gasteiger partial charge in [0.05, 0.1) is 5.60 Å². The van der Waals surface area contributed by atoms with E-state index >= 15 is 0 Å². The van der Waals surface area contributed by atoms with Crippen LogP contribution in [0, 0.1) is 6.92 Å². The molecule has 0 fully saturated rings. The van der Waals surface area contributed by atoms with Crippen LogP contribution in [0.25, 0.3) is 0 Å². The number of aliphatic hydroxyl groups is 1. The zero-order chi connectivity index (χ0) is 12.9. The number of benzene rings is 1. The molecule has 1 N–H and O–H groups in total. The van der Waals surface area contributed by atoms with E-state index in [-0.39, 0.29) is 6.29 Å². The molecule has 1 aromatic carbocycles. The first kappa shape index (κ1) is 14.2. The van der Waals surface area contributed by atoms with Gasteiger partial charge in [-0.05, 0) is 19.4 Å². The molecule has 0 heterocycles. The molecule has 1 atom stereocenters. The van der Waals surface area contributed by atoms with E-state index in [9.17, 15) is 5.11 Å². The van der Waals surface area contributed by atoms with Crippen LogP contribution in [0.2, 0.25) is 0 Å². The molecule has 1 unspecified atom stereocenters. The molecule has 0 aliphatic heterocycles. The van der Waals surface area contributed by atoms with Gasteiger partial charge in [0.25, 0.3) is 0 Å². The first-order valence-electron chi connectivity index (χ1n) is 5.80. The minimum atomic E-state index is -0.827. The zero-order valence-corrected chi connectivity index (χ0v) is 11.1. The lowest BCUT2D eigenvalue weighted by molar-refractivity contribution is -0.139. The highest BCUT2D eigenvalue weighted by atomic mass is 16.7. The molecule has 0 amide bonds. The molecule has 0 aliphatic rings. The van der Waals surface area contributed by atoms with Crippen LogP contribution in [0.1, 0.15) is 24.5 Å². The van der Waals surface area contributed by atoms with Gasteiger partial charge < -0.3 is 14.6 Å². The fourth-order valence-electron chi connectivity index (χ4n) is 1.84. The lowest BCUT2D eigenvalue weighted by Crippen LogP contribution is -2.34. The summed E-state index contributed by atoms with van der Waals surface area (Å²) in [5.41, 5.74) is 1.51. The van der Waals surface area contributed by atoms with Gasteiger partial charge >= 0.3 is 0 Å². The van der Waals surface area contributed by atoms with Gasteiger partial charge in [-0.1, -0.05) is 29.8 Å². The molecule has 0 bridgehead atoms. The highest BCUT2D eigenvalue weighted by molar-refractivity contribution is 5.22. The smallest absolute Gasteiger partial charge is 0.159 e. The zero-order valence-electron chi connectivity index (χ0n) is 11.1. The van der Waals surface area contributed by atoms with E-state index in [2.05, 4.69) is 12.1 Å². The maximum atomic E-state index is 10.3. The van der Waals surface area contributed by atoms with Crippen LogP contribution in [0.15, 0.2) is 24.3 Å². The maximum absolute atomic E-state index is 10.3. The molecule has 0 radical (unpaired) electrons. The fraction of sp³-hybridized carbons (Fsp3) is 0.571. The first-order valence-corrected chi connectivity index (χ1v) is 5.80. The van der Waals surface area contributed by atoms with Crippen LogP contribution in [0.4, 0.5) is 0 Å². The molecule has 1 rings (SSSR count). The number of hydrogen-bond acceptors (Lipinski definition) is 3. The largest absolute Gasteiger partial charge is 0.390 e. The Morgan fingerprint density at radius 3 is 2.18 bits per heavy atom. The van der Waals surface area contributed by atoms with Gasteiger partial charge in [0.1, 0.15) is 0 Å². The van der Waals surface area contributed by atoms with Gasteiger partial charge in [-0.25, -0.2) is 0 Å². The van der Waals surface area contributed by atoms with Gasteiger partial charge in [0.15, 0.2) is 6.29 Å². The number of aryl methyl sites for hydroxylation is 1. The number of methoxy groups -OCH3 is 2. The van der Waals surface area contributed by atoms with Crippen molar-refractivity contribution in [2.45, 2.75) is 38.6 Å². The van der Waals surface area contributed by atoms with Crippen molar-refractivity contribution in [3.8, 4) is 0 Å². The quantitative estimate of drug-likeness (QED) is 0.773. The lowest BCUT2D eigenvalue weighted by atomic mass is 9.92. The van der Waals surface area contributed by atoms with Crippen LogP contribution in [0.3, 0.4) is 0 Å². The van der Waals surface area contributed by atoms with Crippen molar-refractivity contribution in [3.63, 3.8) is 0 Å². The Kier molecular flexibility index (Phi) is 5.12. The van der Waals surface area contributed by atoms with Gasteiger partial charge in [0, 0.05) is 27.1 Å². The van der Waals surface area contributed by atoms with Gasteiger partial charge in [0.2, 0.25) is 0 Å². The van der Waals surface area contributed by atoms with Crippen LogP contribution in [0.5, 0.6) is 0 Å². The molecule has 3 nitrogen and oxygen atoms in total. The second-order valence-corrected chi connectivity index (χ2v) is 4.76. The second kappa shape index (κ2) is 6.15. The van der Waals surface area contributed by atoms with E-state index in [1.165, 1.54) is 5.56 Å². The lowest BCUT2D eigenvalue weighted by Gasteiger charge is -2.27. The molecule has 0 saturated heterocycles. The standard InChI is InChI=1S/C14H22O3/c1-11-5-7-12(8-6-11)9-14(2,15)10-13(16-3)17-4/h5-8,13,15H,9-10H2,1-4H3. The molecule has 0 aromatic heterocycles. The van der Waals surface area contributed by atoms with Gasteiger partial charge in [-0.15, -0.1) is 0 Å². The van der Waals surface area contributed by atoms with Crippen molar-refractivity contribution in [2.75, 3.05) is 14.2 Å². The molecule has 17 heavy (non-hydrogen) atoms. The molecule has 0 spiro atoms. The van der Waals surface area contributed by atoms with E-state index in [0.717, 1.165) is 5.56 Å². The maximum Gasteiger partial charge on any atom is 0.159 e. The molecular weight excluding hydrogens is 216 g/mol. The molecule has 3 heteroatoms. The molecular formula is C14H22O3. The highest BCUT2D eigenvalue weighted by Gasteiger charge is 2.25. The minimum Gasteiger partial charge on any atom is -0.390 e. The predicted molar refractivity (Wildman–Crippen MR) is 67.9 cm³/mol. The Morgan fingerprint density at radius 2 is 1.71 bits per heavy atom. The SMILES string of the molecule is COC(CC(C)(O)Cc1ccc(C)cc1)OC. The third kappa shape index (κ3) is 4.86. The molecule has 1 aromatic rings.